The minimum absolute atomic E-state index is 0.817. The Bertz CT molecular complexity index is 206. The van der Waals surface area contributed by atoms with Crippen molar-refractivity contribution in [3.8, 4) is 0 Å². The molecule has 1 aliphatic rings. The van der Waals surface area contributed by atoms with Gasteiger partial charge >= 0.3 is 5.97 Å². The minimum atomic E-state index is -0.890. The molecule has 0 aromatic heterocycles. The van der Waals surface area contributed by atoms with Crippen LogP contribution in [0.2, 0.25) is 0 Å². The molecule has 0 fully saturated rings. The molecule has 1 atom stereocenters. The van der Waals surface area contributed by atoms with Gasteiger partial charge in [-0.3, -0.25) is 0 Å². The Morgan fingerprint density at radius 1 is 2.00 bits per heavy atom. The first-order valence-electron chi connectivity index (χ1n) is 2.60. The summed E-state index contributed by atoms with van der Waals surface area (Å²) in [5, 5.41) is 11.4. The molecule has 1 heterocycles. The van der Waals surface area contributed by atoms with Gasteiger partial charge in [0.1, 0.15) is 0 Å². The number of halogens is 1. The number of nitrogens with one attached hydrogen (secondary N) is 1. The monoisotopic (exact) mass is 223 g/mol. The SMILES string of the molecule is CC1(C(=O)O)NC=C(Br)S1. The number of rotatable bonds is 1. The summed E-state index contributed by atoms with van der Waals surface area (Å²) in [5.74, 6) is -0.858. The molecule has 1 unspecified atom stereocenters. The van der Waals surface area contributed by atoms with E-state index in [-0.39, 0.29) is 0 Å². The number of carboxylic acid groups (broad SMARTS) is 1. The van der Waals surface area contributed by atoms with E-state index in [0.717, 1.165) is 3.81 Å². The Morgan fingerprint density at radius 3 is 2.80 bits per heavy atom. The quantitative estimate of drug-likeness (QED) is 0.705. The lowest BCUT2D eigenvalue weighted by Gasteiger charge is -2.17. The van der Waals surface area contributed by atoms with Crippen molar-refractivity contribution in [2.45, 2.75) is 11.8 Å². The fraction of sp³-hybridized carbons (Fsp3) is 0.400. The van der Waals surface area contributed by atoms with E-state index in [1.54, 1.807) is 13.1 Å². The van der Waals surface area contributed by atoms with E-state index in [4.69, 9.17) is 5.11 Å². The molecule has 0 aromatic rings. The van der Waals surface area contributed by atoms with Gasteiger partial charge in [-0.05, 0) is 22.9 Å². The molecule has 56 valence electrons. The van der Waals surface area contributed by atoms with Crippen LogP contribution in [-0.4, -0.2) is 15.9 Å². The molecule has 0 amide bonds. The maximum atomic E-state index is 10.5. The number of thioether (sulfide) groups is 1. The molecule has 0 aliphatic carbocycles. The average molecular weight is 224 g/mol. The van der Waals surface area contributed by atoms with E-state index in [1.165, 1.54) is 11.8 Å². The van der Waals surface area contributed by atoms with Crippen molar-refractivity contribution in [1.29, 1.82) is 0 Å². The zero-order valence-corrected chi connectivity index (χ0v) is 7.62. The standard InChI is InChI=1S/C5H6BrNO2S/c1-5(4(8)9)7-2-3(6)10-5/h2,7H,1H3,(H,8,9). The maximum absolute atomic E-state index is 10.5. The second-order valence-corrected chi connectivity index (χ2v) is 4.87. The zero-order valence-electron chi connectivity index (χ0n) is 5.22. The molecule has 0 radical (unpaired) electrons. The lowest BCUT2D eigenvalue weighted by atomic mass is 10.3. The van der Waals surface area contributed by atoms with Gasteiger partial charge in [0.15, 0.2) is 4.87 Å². The van der Waals surface area contributed by atoms with Crippen LogP contribution in [0.1, 0.15) is 6.92 Å². The number of hydrogen-bond acceptors (Lipinski definition) is 3. The van der Waals surface area contributed by atoms with Crippen LogP contribution < -0.4 is 5.32 Å². The van der Waals surface area contributed by atoms with Gasteiger partial charge in [0, 0.05) is 6.20 Å². The zero-order chi connectivity index (χ0) is 7.78. The molecule has 0 aromatic carbocycles. The average Bonchev–Trinajstić information content (AvgIpc) is 2.13. The van der Waals surface area contributed by atoms with E-state index in [0.29, 0.717) is 0 Å². The van der Waals surface area contributed by atoms with E-state index < -0.39 is 10.8 Å². The lowest BCUT2D eigenvalue weighted by Crippen LogP contribution is -2.40. The van der Waals surface area contributed by atoms with E-state index in [1.807, 2.05) is 0 Å². The van der Waals surface area contributed by atoms with Crippen molar-refractivity contribution in [2.24, 2.45) is 0 Å². The highest BCUT2D eigenvalue weighted by atomic mass is 79.9. The van der Waals surface area contributed by atoms with Crippen molar-refractivity contribution < 1.29 is 9.90 Å². The van der Waals surface area contributed by atoms with Crippen molar-refractivity contribution in [1.82, 2.24) is 5.32 Å². The summed E-state index contributed by atoms with van der Waals surface area (Å²) in [5.41, 5.74) is 0. The van der Waals surface area contributed by atoms with E-state index in [9.17, 15) is 4.79 Å². The van der Waals surface area contributed by atoms with Gasteiger partial charge < -0.3 is 10.4 Å². The highest BCUT2D eigenvalue weighted by Crippen LogP contribution is 2.38. The summed E-state index contributed by atoms with van der Waals surface area (Å²) in [6.07, 6.45) is 1.64. The molecular formula is C5H6BrNO2S. The fourth-order valence-corrected chi connectivity index (χ4v) is 2.35. The van der Waals surface area contributed by atoms with Crippen LogP contribution in [0.15, 0.2) is 10.0 Å². The molecule has 1 rings (SSSR count). The predicted octanol–water partition coefficient (Wildman–Crippen LogP) is 1.32. The van der Waals surface area contributed by atoms with Crippen molar-refractivity contribution in [2.75, 3.05) is 0 Å². The smallest absolute Gasteiger partial charge is 0.340 e. The van der Waals surface area contributed by atoms with E-state index >= 15 is 0 Å². The van der Waals surface area contributed by atoms with Crippen molar-refractivity contribution >= 4 is 33.7 Å². The second kappa shape index (κ2) is 2.47. The van der Waals surface area contributed by atoms with Gasteiger partial charge in [-0.2, -0.15) is 0 Å². The highest BCUT2D eigenvalue weighted by Gasteiger charge is 2.37. The molecule has 0 saturated heterocycles. The number of hydrogen-bond donors (Lipinski definition) is 2. The van der Waals surface area contributed by atoms with Gasteiger partial charge in [-0.1, -0.05) is 11.8 Å². The molecule has 0 bridgehead atoms. The maximum Gasteiger partial charge on any atom is 0.340 e. The summed E-state index contributed by atoms with van der Waals surface area (Å²) in [7, 11) is 0. The first-order valence-corrected chi connectivity index (χ1v) is 4.21. The molecule has 0 spiro atoms. The Labute approximate surface area is 71.0 Å². The first-order chi connectivity index (χ1) is 4.54. The Balaban J connectivity index is 2.70. The molecule has 1 aliphatic heterocycles. The van der Waals surface area contributed by atoms with Gasteiger partial charge in [0.2, 0.25) is 0 Å². The summed E-state index contributed by atoms with van der Waals surface area (Å²) in [6, 6.07) is 0. The molecule has 3 nitrogen and oxygen atoms in total. The Morgan fingerprint density at radius 2 is 2.60 bits per heavy atom. The first kappa shape index (κ1) is 7.94. The lowest BCUT2D eigenvalue weighted by molar-refractivity contribution is -0.139. The van der Waals surface area contributed by atoms with Crippen molar-refractivity contribution in [3.05, 3.63) is 10.0 Å². The normalized spacial score (nSPS) is 31.2. The van der Waals surface area contributed by atoms with Crippen LogP contribution in [0.3, 0.4) is 0 Å². The molecule has 2 N–H and O–H groups in total. The second-order valence-electron chi connectivity index (χ2n) is 2.03. The predicted molar refractivity (Wildman–Crippen MR) is 43.8 cm³/mol. The van der Waals surface area contributed by atoms with Crippen LogP contribution >= 0.6 is 27.7 Å². The largest absolute Gasteiger partial charge is 0.479 e. The Hall–Kier alpha value is -0.160. The van der Waals surface area contributed by atoms with Crippen molar-refractivity contribution in [3.63, 3.8) is 0 Å². The third kappa shape index (κ3) is 1.29. The summed E-state index contributed by atoms with van der Waals surface area (Å²) < 4.78 is 0.817. The van der Waals surface area contributed by atoms with Crippen LogP contribution in [-0.2, 0) is 4.79 Å². The Kier molecular flexibility index (Phi) is 1.96. The summed E-state index contributed by atoms with van der Waals surface area (Å²) in [6.45, 7) is 1.62. The molecule has 0 saturated carbocycles. The van der Waals surface area contributed by atoms with E-state index in [2.05, 4.69) is 21.2 Å². The van der Waals surface area contributed by atoms with Gasteiger partial charge in [-0.25, -0.2) is 4.79 Å². The number of carboxylic acids is 1. The van der Waals surface area contributed by atoms with Crippen LogP contribution in [0.5, 0.6) is 0 Å². The topological polar surface area (TPSA) is 49.3 Å². The highest BCUT2D eigenvalue weighted by molar-refractivity contribution is 9.14. The minimum Gasteiger partial charge on any atom is -0.479 e. The van der Waals surface area contributed by atoms with Gasteiger partial charge in [0.25, 0.3) is 0 Å². The molecular weight excluding hydrogens is 218 g/mol. The van der Waals surface area contributed by atoms with Gasteiger partial charge in [0.05, 0.1) is 3.81 Å². The summed E-state index contributed by atoms with van der Waals surface area (Å²) in [4.78, 5) is 9.64. The molecule has 10 heavy (non-hydrogen) atoms. The fourth-order valence-electron chi connectivity index (χ4n) is 0.554. The van der Waals surface area contributed by atoms with Gasteiger partial charge in [-0.15, -0.1) is 0 Å². The third-order valence-corrected chi connectivity index (χ3v) is 2.90. The van der Waals surface area contributed by atoms with Crippen LogP contribution in [0.25, 0.3) is 0 Å². The third-order valence-electron chi connectivity index (χ3n) is 1.17. The van der Waals surface area contributed by atoms with Crippen LogP contribution in [0.4, 0.5) is 0 Å². The number of carbonyl (C=O) groups is 1. The summed E-state index contributed by atoms with van der Waals surface area (Å²) >= 11 is 4.42. The molecule has 5 heteroatoms. The van der Waals surface area contributed by atoms with Crippen LogP contribution in [0, 0.1) is 0 Å². The number of aliphatic carboxylic acids is 1.